The predicted octanol–water partition coefficient (Wildman–Crippen LogP) is 4.56. The van der Waals surface area contributed by atoms with Crippen LogP contribution in [0.3, 0.4) is 0 Å². The summed E-state index contributed by atoms with van der Waals surface area (Å²) >= 11 is 0. The Hall–Kier alpha value is -3.07. The van der Waals surface area contributed by atoms with Crippen LogP contribution < -0.4 is 5.32 Å². The van der Waals surface area contributed by atoms with Crippen LogP contribution in [0.4, 0.5) is 18.9 Å². The Kier molecular flexibility index (Phi) is 5.05. The summed E-state index contributed by atoms with van der Waals surface area (Å²) in [5.41, 5.74) is 0.518. The van der Waals surface area contributed by atoms with Gasteiger partial charge < -0.3 is 5.32 Å². The summed E-state index contributed by atoms with van der Waals surface area (Å²) in [6.07, 6.45) is -3.12. The summed E-state index contributed by atoms with van der Waals surface area (Å²) < 4.78 is 38.0. The summed E-state index contributed by atoms with van der Waals surface area (Å²) in [5, 5.41) is 11.4. The van der Waals surface area contributed by atoms with Gasteiger partial charge in [0.2, 0.25) is 0 Å². The van der Waals surface area contributed by atoms with Crippen molar-refractivity contribution in [1.29, 1.82) is 5.26 Å². The molecule has 0 heterocycles. The van der Waals surface area contributed by atoms with Crippen LogP contribution in [0.15, 0.2) is 54.1 Å². The van der Waals surface area contributed by atoms with Crippen molar-refractivity contribution in [3.63, 3.8) is 0 Å². The van der Waals surface area contributed by atoms with Crippen molar-refractivity contribution in [2.24, 2.45) is 0 Å². The number of amides is 1. The first-order valence-electron chi connectivity index (χ1n) is 6.96. The minimum absolute atomic E-state index is 0.0276. The number of anilines is 1. The van der Waals surface area contributed by atoms with Crippen LogP contribution in [-0.2, 0) is 11.0 Å². The molecule has 0 saturated carbocycles. The first-order chi connectivity index (χ1) is 11.3. The Bertz CT molecular complexity index is 833. The van der Waals surface area contributed by atoms with E-state index in [-0.39, 0.29) is 11.3 Å². The molecule has 0 saturated heterocycles. The van der Waals surface area contributed by atoms with E-state index in [4.69, 9.17) is 5.26 Å². The van der Waals surface area contributed by atoms with Gasteiger partial charge in [-0.05, 0) is 36.8 Å². The molecule has 2 rings (SSSR count). The van der Waals surface area contributed by atoms with E-state index in [2.05, 4.69) is 5.32 Å². The van der Waals surface area contributed by atoms with Gasteiger partial charge in [-0.25, -0.2) is 0 Å². The molecule has 2 aromatic rings. The fraction of sp³-hybridized carbons (Fsp3) is 0.111. The normalized spacial score (nSPS) is 11.7. The number of alkyl halides is 3. The molecular formula is C18H13F3N2O. The molecule has 0 aliphatic rings. The van der Waals surface area contributed by atoms with Gasteiger partial charge in [0, 0.05) is 5.69 Å². The Morgan fingerprint density at radius 3 is 2.50 bits per heavy atom. The predicted molar refractivity (Wildman–Crippen MR) is 84.8 cm³/mol. The second-order valence-electron chi connectivity index (χ2n) is 5.12. The lowest BCUT2D eigenvalue weighted by atomic mass is 10.1. The number of carbonyl (C=O) groups is 1. The molecule has 3 nitrogen and oxygen atoms in total. The van der Waals surface area contributed by atoms with Crippen molar-refractivity contribution in [2.75, 3.05) is 5.32 Å². The second kappa shape index (κ2) is 7.01. The number of rotatable bonds is 3. The van der Waals surface area contributed by atoms with Crippen molar-refractivity contribution in [1.82, 2.24) is 0 Å². The largest absolute Gasteiger partial charge is 0.416 e. The van der Waals surface area contributed by atoms with Crippen molar-refractivity contribution in [3.8, 4) is 6.07 Å². The number of hydrogen-bond acceptors (Lipinski definition) is 2. The van der Waals surface area contributed by atoms with Crippen LogP contribution >= 0.6 is 0 Å². The van der Waals surface area contributed by atoms with Gasteiger partial charge in [0.25, 0.3) is 5.91 Å². The molecule has 0 atom stereocenters. The molecule has 0 bridgehead atoms. The third-order valence-corrected chi connectivity index (χ3v) is 3.17. The monoisotopic (exact) mass is 330 g/mol. The average Bonchev–Trinajstić information content (AvgIpc) is 2.52. The van der Waals surface area contributed by atoms with Gasteiger partial charge in [-0.15, -0.1) is 0 Å². The molecule has 0 aromatic heterocycles. The minimum atomic E-state index is -4.50. The Balaban J connectivity index is 2.23. The zero-order valence-corrected chi connectivity index (χ0v) is 12.7. The van der Waals surface area contributed by atoms with E-state index in [1.807, 2.05) is 13.0 Å². The van der Waals surface area contributed by atoms with Crippen molar-refractivity contribution < 1.29 is 18.0 Å². The van der Waals surface area contributed by atoms with Crippen LogP contribution in [0.5, 0.6) is 0 Å². The lowest BCUT2D eigenvalue weighted by Crippen LogP contribution is -2.14. The summed E-state index contributed by atoms with van der Waals surface area (Å²) in [7, 11) is 0. The highest BCUT2D eigenvalue weighted by atomic mass is 19.4. The number of benzene rings is 2. The van der Waals surface area contributed by atoms with Crippen molar-refractivity contribution in [3.05, 3.63) is 70.8 Å². The number of nitriles is 1. The Morgan fingerprint density at radius 2 is 1.88 bits per heavy atom. The first-order valence-corrected chi connectivity index (χ1v) is 6.96. The van der Waals surface area contributed by atoms with Crippen LogP contribution in [0.1, 0.15) is 16.7 Å². The number of nitrogens with one attached hydrogen (secondary N) is 1. The highest BCUT2D eigenvalue weighted by molar-refractivity contribution is 6.09. The van der Waals surface area contributed by atoms with E-state index >= 15 is 0 Å². The van der Waals surface area contributed by atoms with E-state index in [1.54, 1.807) is 24.3 Å². The van der Waals surface area contributed by atoms with Crippen LogP contribution in [-0.4, -0.2) is 5.91 Å². The minimum Gasteiger partial charge on any atom is -0.321 e. The van der Waals surface area contributed by atoms with Crippen molar-refractivity contribution in [2.45, 2.75) is 13.1 Å². The smallest absolute Gasteiger partial charge is 0.321 e. The van der Waals surface area contributed by atoms with Gasteiger partial charge in [-0.3, -0.25) is 4.79 Å². The third kappa shape index (κ3) is 4.46. The molecule has 2 aromatic carbocycles. The van der Waals surface area contributed by atoms with E-state index in [1.165, 1.54) is 18.2 Å². The first kappa shape index (κ1) is 17.3. The van der Waals surface area contributed by atoms with Gasteiger partial charge >= 0.3 is 6.18 Å². The van der Waals surface area contributed by atoms with Gasteiger partial charge in [0.15, 0.2) is 0 Å². The Labute approximate surface area is 137 Å². The highest BCUT2D eigenvalue weighted by Gasteiger charge is 2.30. The van der Waals surface area contributed by atoms with E-state index < -0.39 is 17.6 Å². The quantitative estimate of drug-likeness (QED) is 0.662. The molecule has 0 spiro atoms. The number of halogens is 3. The van der Waals surface area contributed by atoms with Gasteiger partial charge in [0.1, 0.15) is 11.6 Å². The molecule has 0 aliphatic carbocycles. The van der Waals surface area contributed by atoms with E-state index in [9.17, 15) is 18.0 Å². The molecule has 24 heavy (non-hydrogen) atoms. The lowest BCUT2D eigenvalue weighted by Gasteiger charge is -2.09. The summed E-state index contributed by atoms with van der Waals surface area (Å²) in [6, 6.07) is 13.2. The maximum absolute atomic E-state index is 12.7. The molecule has 1 amide bonds. The average molecular weight is 330 g/mol. The topological polar surface area (TPSA) is 52.9 Å². The number of nitrogens with zero attached hydrogens (tertiary/aromatic N) is 1. The second-order valence-corrected chi connectivity index (χ2v) is 5.12. The zero-order chi connectivity index (χ0) is 17.7. The number of carbonyl (C=O) groups excluding carboxylic acids is 1. The highest BCUT2D eigenvalue weighted by Crippen LogP contribution is 2.30. The van der Waals surface area contributed by atoms with Crippen LogP contribution in [0.2, 0.25) is 0 Å². The summed E-state index contributed by atoms with van der Waals surface area (Å²) in [6.45, 7) is 1.87. The maximum atomic E-state index is 12.7. The molecule has 1 N–H and O–H groups in total. The third-order valence-electron chi connectivity index (χ3n) is 3.17. The van der Waals surface area contributed by atoms with Crippen molar-refractivity contribution >= 4 is 17.7 Å². The molecule has 0 unspecified atom stereocenters. The summed E-state index contributed by atoms with van der Waals surface area (Å²) in [4.78, 5) is 12.1. The lowest BCUT2D eigenvalue weighted by molar-refractivity contribution is -0.137. The van der Waals surface area contributed by atoms with Crippen LogP contribution in [0, 0.1) is 18.3 Å². The molecule has 0 radical (unpaired) electrons. The molecular weight excluding hydrogens is 317 g/mol. The SMILES string of the molecule is Cc1cccc(/C=C(/C#N)C(=O)Nc2cccc(C(F)(F)F)c2)c1. The van der Waals surface area contributed by atoms with Crippen LogP contribution in [0.25, 0.3) is 6.08 Å². The standard InChI is InChI=1S/C18H13F3N2O/c1-12-4-2-5-13(8-12)9-14(11-22)17(24)23-16-7-3-6-15(10-16)18(19,20)21/h2-10H,1H3,(H,23,24)/b14-9-. The summed E-state index contributed by atoms with van der Waals surface area (Å²) in [5.74, 6) is -0.765. The fourth-order valence-electron chi connectivity index (χ4n) is 2.05. The van der Waals surface area contributed by atoms with E-state index in [0.717, 1.165) is 17.7 Å². The zero-order valence-electron chi connectivity index (χ0n) is 12.7. The van der Waals surface area contributed by atoms with Gasteiger partial charge in [0.05, 0.1) is 5.56 Å². The fourth-order valence-corrected chi connectivity index (χ4v) is 2.05. The number of hydrogen-bond donors (Lipinski definition) is 1. The molecule has 0 fully saturated rings. The number of aryl methyl sites for hydroxylation is 1. The molecule has 0 aliphatic heterocycles. The van der Waals surface area contributed by atoms with Gasteiger partial charge in [-0.1, -0.05) is 35.9 Å². The Morgan fingerprint density at radius 1 is 1.17 bits per heavy atom. The maximum Gasteiger partial charge on any atom is 0.416 e. The molecule has 6 heteroatoms. The van der Waals surface area contributed by atoms with E-state index in [0.29, 0.717) is 5.56 Å². The van der Waals surface area contributed by atoms with Gasteiger partial charge in [-0.2, -0.15) is 18.4 Å². The molecule has 122 valence electrons.